The van der Waals surface area contributed by atoms with Gasteiger partial charge < -0.3 is 10.4 Å². The average molecular weight is 247 g/mol. The number of nitrogens with one attached hydrogen (secondary N) is 1. The molecule has 0 saturated heterocycles. The predicted octanol–water partition coefficient (Wildman–Crippen LogP) is 2.69. The van der Waals surface area contributed by atoms with Crippen LogP contribution in [0.25, 0.3) is 0 Å². The van der Waals surface area contributed by atoms with Crippen LogP contribution in [0.15, 0.2) is 18.2 Å². The Kier molecular flexibility index (Phi) is 4.37. The summed E-state index contributed by atoms with van der Waals surface area (Å²) in [5.74, 6) is -0.709. The summed E-state index contributed by atoms with van der Waals surface area (Å²) in [5, 5.41) is 12.0. The van der Waals surface area contributed by atoms with Crippen molar-refractivity contribution in [2.75, 3.05) is 7.05 Å². The van der Waals surface area contributed by atoms with Crippen molar-refractivity contribution in [1.29, 1.82) is 0 Å². The van der Waals surface area contributed by atoms with Crippen LogP contribution in [0.4, 0.5) is 0 Å². The highest BCUT2D eigenvalue weighted by Crippen LogP contribution is 2.27. The number of carboxylic acids is 1. The van der Waals surface area contributed by atoms with E-state index in [1.807, 2.05) is 7.05 Å². The van der Waals surface area contributed by atoms with Crippen molar-refractivity contribution >= 4 is 5.97 Å². The summed E-state index contributed by atoms with van der Waals surface area (Å²) in [5.41, 5.74) is 4.26. The monoisotopic (exact) mass is 247 g/mol. The molecular formula is C15H21NO2. The van der Waals surface area contributed by atoms with Gasteiger partial charge in [-0.25, -0.2) is 0 Å². The van der Waals surface area contributed by atoms with Crippen molar-refractivity contribution in [2.45, 2.75) is 44.6 Å². The highest BCUT2D eigenvalue weighted by atomic mass is 16.4. The smallest absolute Gasteiger partial charge is 0.303 e. The maximum atomic E-state index is 10.5. The normalized spacial score (nSPS) is 15.4. The molecule has 1 atom stereocenters. The number of fused-ring (bicyclic) bond motifs is 1. The van der Waals surface area contributed by atoms with E-state index in [1.165, 1.54) is 36.0 Å². The number of aryl methyl sites for hydroxylation is 2. The molecule has 1 aromatic carbocycles. The first-order valence-corrected chi connectivity index (χ1v) is 6.71. The Morgan fingerprint density at radius 1 is 1.39 bits per heavy atom. The van der Waals surface area contributed by atoms with Gasteiger partial charge in [-0.3, -0.25) is 4.79 Å². The zero-order chi connectivity index (χ0) is 13.0. The quantitative estimate of drug-likeness (QED) is 0.812. The lowest BCUT2D eigenvalue weighted by Gasteiger charge is -2.17. The van der Waals surface area contributed by atoms with E-state index in [-0.39, 0.29) is 12.5 Å². The standard InChI is InChI=1S/C15H21NO2/c1-16-14(6-3-7-15(17)18)13-9-8-11-4-2-5-12(11)10-13/h8-10,14,16H,2-7H2,1H3,(H,17,18). The van der Waals surface area contributed by atoms with Crippen LogP contribution in [0.1, 0.15) is 48.4 Å². The van der Waals surface area contributed by atoms with Crippen LogP contribution < -0.4 is 5.32 Å². The number of rotatable bonds is 6. The SMILES string of the molecule is CNC(CCCC(=O)O)c1ccc2c(c1)CCC2. The lowest BCUT2D eigenvalue weighted by molar-refractivity contribution is -0.137. The van der Waals surface area contributed by atoms with Crippen LogP contribution in [0.3, 0.4) is 0 Å². The third kappa shape index (κ3) is 3.10. The van der Waals surface area contributed by atoms with Gasteiger partial charge in [-0.05, 0) is 55.8 Å². The lowest BCUT2D eigenvalue weighted by atomic mass is 9.97. The van der Waals surface area contributed by atoms with E-state index in [0.29, 0.717) is 0 Å². The van der Waals surface area contributed by atoms with Gasteiger partial charge in [0, 0.05) is 12.5 Å². The topological polar surface area (TPSA) is 49.3 Å². The molecule has 0 aromatic heterocycles. The molecule has 0 fully saturated rings. The van der Waals surface area contributed by atoms with Gasteiger partial charge in [0.25, 0.3) is 0 Å². The molecule has 0 saturated carbocycles. The van der Waals surface area contributed by atoms with Crippen molar-refractivity contribution in [1.82, 2.24) is 5.32 Å². The Morgan fingerprint density at radius 3 is 2.89 bits per heavy atom. The molecule has 0 amide bonds. The third-order valence-corrected chi connectivity index (χ3v) is 3.76. The number of hydrogen-bond donors (Lipinski definition) is 2. The number of carboxylic acid groups (broad SMARTS) is 1. The molecular weight excluding hydrogens is 226 g/mol. The van der Waals surface area contributed by atoms with Crippen molar-refractivity contribution in [3.63, 3.8) is 0 Å². The second-order valence-corrected chi connectivity index (χ2v) is 5.01. The Balaban J connectivity index is 2.01. The Hall–Kier alpha value is -1.35. The fraction of sp³-hybridized carbons (Fsp3) is 0.533. The molecule has 0 radical (unpaired) electrons. The predicted molar refractivity (Wildman–Crippen MR) is 71.8 cm³/mol. The summed E-state index contributed by atoms with van der Waals surface area (Å²) in [6.45, 7) is 0. The Morgan fingerprint density at radius 2 is 2.17 bits per heavy atom. The summed E-state index contributed by atoms with van der Waals surface area (Å²) in [6, 6.07) is 6.99. The van der Waals surface area contributed by atoms with Crippen LogP contribution in [0, 0.1) is 0 Å². The van der Waals surface area contributed by atoms with E-state index >= 15 is 0 Å². The van der Waals surface area contributed by atoms with E-state index in [9.17, 15) is 4.79 Å². The van der Waals surface area contributed by atoms with E-state index in [2.05, 4.69) is 23.5 Å². The van der Waals surface area contributed by atoms with Crippen LogP contribution >= 0.6 is 0 Å². The van der Waals surface area contributed by atoms with Gasteiger partial charge in [0.05, 0.1) is 0 Å². The lowest BCUT2D eigenvalue weighted by Crippen LogP contribution is -2.17. The molecule has 2 rings (SSSR count). The molecule has 1 aliphatic rings. The molecule has 0 aliphatic heterocycles. The second kappa shape index (κ2) is 6.01. The molecule has 0 spiro atoms. The molecule has 98 valence electrons. The largest absolute Gasteiger partial charge is 0.481 e. The van der Waals surface area contributed by atoms with Gasteiger partial charge in [0.2, 0.25) is 0 Å². The van der Waals surface area contributed by atoms with Gasteiger partial charge >= 0.3 is 5.97 Å². The number of benzene rings is 1. The van der Waals surface area contributed by atoms with Crippen molar-refractivity contribution < 1.29 is 9.90 Å². The van der Waals surface area contributed by atoms with Crippen LogP contribution in [-0.2, 0) is 17.6 Å². The highest BCUT2D eigenvalue weighted by molar-refractivity contribution is 5.66. The fourth-order valence-corrected chi connectivity index (χ4v) is 2.74. The van der Waals surface area contributed by atoms with E-state index in [4.69, 9.17) is 5.11 Å². The summed E-state index contributed by atoms with van der Waals surface area (Å²) >= 11 is 0. The maximum Gasteiger partial charge on any atom is 0.303 e. The molecule has 3 heteroatoms. The van der Waals surface area contributed by atoms with Gasteiger partial charge in [0.1, 0.15) is 0 Å². The number of aliphatic carboxylic acids is 1. The molecule has 2 N–H and O–H groups in total. The molecule has 1 aliphatic carbocycles. The van der Waals surface area contributed by atoms with Gasteiger partial charge in [-0.15, -0.1) is 0 Å². The second-order valence-electron chi connectivity index (χ2n) is 5.01. The van der Waals surface area contributed by atoms with E-state index in [0.717, 1.165) is 12.8 Å². The maximum absolute atomic E-state index is 10.5. The van der Waals surface area contributed by atoms with Crippen molar-refractivity contribution in [2.24, 2.45) is 0 Å². The molecule has 3 nitrogen and oxygen atoms in total. The van der Waals surface area contributed by atoms with Crippen LogP contribution in [0.5, 0.6) is 0 Å². The minimum Gasteiger partial charge on any atom is -0.481 e. The zero-order valence-corrected chi connectivity index (χ0v) is 10.9. The van der Waals surface area contributed by atoms with Crippen molar-refractivity contribution in [3.05, 3.63) is 34.9 Å². The van der Waals surface area contributed by atoms with E-state index < -0.39 is 5.97 Å². The van der Waals surface area contributed by atoms with Crippen LogP contribution in [-0.4, -0.2) is 18.1 Å². The van der Waals surface area contributed by atoms with Gasteiger partial charge in [-0.2, -0.15) is 0 Å². The first-order chi connectivity index (χ1) is 8.70. The summed E-state index contributed by atoms with van der Waals surface area (Å²) in [7, 11) is 1.94. The number of carbonyl (C=O) groups is 1. The number of hydrogen-bond acceptors (Lipinski definition) is 2. The van der Waals surface area contributed by atoms with E-state index in [1.54, 1.807) is 0 Å². The molecule has 18 heavy (non-hydrogen) atoms. The minimum atomic E-state index is -0.709. The molecule has 0 heterocycles. The van der Waals surface area contributed by atoms with Gasteiger partial charge in [-0.1, -0.05) is 18.2 Å². The highest BCUT2D eigenvalue weighted by Gasteiger charge is 2.15. The minimum absolute atomic E-state index is 0.253. The summed E-state index contributed by atoms with van der Waals surface area (Å²) in [4.78, 5) is 10.5. The molecule has 1 unspecified atom stereocenters. The third-order valence-electron chi connectivity index (χ3n) is 3.76. The summed E-state index contributed by atoms with van der Waals surface area (Å²) in [6.07, 6.45) is 5.51. The first-order valence-electron chi connectivity index (χ1n) is 6.71. The van der Waals surface area contributed by atoms with Crippen LogP contribution in [0.2, 0.25) is 0 Å². The molecule has 0 bridgehead atoms. The van der Waals surface area contributed by atoms with Crippen molar-refractivity contribution in [3.8, 4) is 0 Å². The molecule has 1 aromatic rings. The summed E-state index contributed by atoms with van der Waals surface area (Å²) < 4.78 is 0. The average Bonchev–Trinajstić information content (AvgIpc) is 2.81. The first kappa shape index (κ1) is 13.1. The Bertz CT molecular complexity index is 429. The Labute approximate surface area is 108 Å². The van der Waals surface area contributed by atoms with Gasteiger partial charge in [0.15, 0.2) is 0 Å². The zero-order valence-electron chi connectivity index (χ0n) is 10.9. The fourth-order valence-electron chi connectivity index (χ4n) is 2.74.